The Kier molecular flexibility index (Phi) is 7.08. The number of carbonyl (C=O) groups excluding carboxylic acids is 1. The number of nitrogens with zero attached hydrogens (tertiary/aromatic N) is 2. The molecule has 0 aliphatic rings. The quantitative estimate of drug-likeness (QED) is 0.242. The minimum atomic E-state index is -0.268. The number of halogens is 2. The van der Waals surface area contributed by atoms with Crippen LogP contribution in [0.4, 0.5) is 5.69 Å². The van der Waals surface area contributed by atoms with Gasteiger partial charge >= 0.3 is 0 Å². The fraction of sp³-hybridized carbons (Fsp3) is 0.160. The van der Waals surface area contributed by atoms with Crippen molar-refractivity contribution < 1.29 is 4.79 Å². The Morgan fingerprint density at radius 2 is 1.79 bits per heavy atom. The Morgan fingerprint density at radius 1 is 1.06 bits per heavy atom. The first-order valence-electron chi connectivity index (χ1n) is 10.3. The molecule has 4 aromatic rings. The fourth-order valence-electron chi connectivity index (χ4n) is 3.51. The number of benzene rings is 3. The van der Waals surface area contributed by atoms with Gasteiger partial charge in [-0.15, -0.1) is 0 Å². The van der Waals surface area contributed by atoms with Crippen LogP contribution in [0.5, 0.6) is 0 Å². The Bertz CT molecular complexity index is 1400. The van der Waals surface area contributed by atoms with E-state index in [0.29, 0.717) is 31.8 Å². The molecule has 0 radical (unpaired) electrons. The van der Waals surface area contributed by atoms with Crippen LogP contribution in [0.15, 0.2) is 76.7 Å². The number of amides is 1. The summed E-state index contributed by atoms with van der Waals surface area (Å²) >= 11 is 13.3. The standard InChI is InChI=1S/C25H21Cl2N3O2S/c1-15(2)17-7-4-6-10-22(17)30-24(32)18-8-3-5-9-20(18)29-25(30)33-14-23(31)28-21-12-11-16(26)13-19(21)27/h3-13,15H,14H2,1-2H3,(H,28,31). The van der Waals surface area contributed by atoms with Crippen molar-refractivity contribution in [2.45, 2.75) is 24.9 Å². The first-order valence-corrected chi connectivity index (χ1v) is 12.1. The Morgan fingerprint density at radius 3 is 2.55 bits per heavy atom. The molecule has 1 amide bonds. The molecule has 5 nitrogen and oxygen atoms in total. The van der Waals surface area contributed by atoms with E-state index in [-0.39, 0.29) is 23.1 Å². The summed E-state index contributed by atoms with van der Waals surface area (Å²) in [5.41, 5.74) is 2.68. The van der Waals surface area contributed by atoms with Crippen LogP contribution < -0.4 is 10.9 Å². The monoisotopic (exact) mass is 497 g/mol. The van der Waals surface area contributed by atoms with E-state index in [1.165, 1.54) is 11.8 Å². The molecular weight excluding hydrogens is 477 g/mol. The minimum absolute atomic E-state index is 0.0492. The van der Waals surface area contributed by atoms with Gasteiger partial charge in [-0.25, -0.2) is 4.98 Å². The van der Waals surface area contributed by atoms with Crippen molar-refractivity contribution in [3.8, 4) is 5.69 Å². The van der Waals surface area contributed by atoms with E-state index in [1.807, 2.05) is 36.4 Å². The van der Waals surface area contributed by atoms with Crippen LogP contribution in [0.3, 0.4) is 0 Å². The Balaban J connectivity index is 1.72. The molecule has 0 spiro atoms. The molecule has 0 aliphatic heterocycles. The minimum Gasteiger partial charge on any atom is -0.324 e. The van der Waals surface area contributed by atoms with Gasteiger partial charge in [0.1, 0.15) is 0 Å². The average molecular weight is 498 g/mol. The number of rotatable bonds is 6. The SMILES string of the molecule is CC(C)c1ccccc1-n1c(SCC(=O)Nc2ccc(Cl)cc2Cl)nc2ccccc2c1=O. The summed E-state index contributed by atoms with van der Waals surface area (Å²) in [6.07, 6.45) is 0. The molecule has 1 heterocycles. The van der Waals surface area contributed by atoms with Crippen LogP contribution in [-0.4, -0.2) is 21.2 Å². The lowest BCUT2D eigenvalue weighted by Gasteiger charge is -2.18. The highest BCUT2D eigenvalue weighted by Crippen LogP contribution is 2.28. The van der Waals surface area contributed by atoms with Gasteiger partial charge in [0.15, 0.2) is 5.16 Å². The second-order valence-electron chi connectivity index (χ2n) is 7.73. The highest BCUT2D eigenvalue weighted by Gasteiger charge is 2.18. The van der Waals surface area contributed by atoms with Gasteiger partial charge in [0.2, 0.25) is 5.91 Å². The topological polar surface area (TPSA) is 64.0 Å². The number of aromatic nitrogens is 2. The lowest BCUT2D eigenvalue weighted by molar-refractivity contribution is -0.113. The molecule has 1 N–H and O–H groups in total. The summed E-state index contributed by atoms with van der Waals surface area (Å²) in [5.74, 6) is -0.0174. The Hall–Kier alpha value is -2.80. The van der Waals surface area contributed by atoms with Crippen LogP contribution in [0.25, 0.3) is 16.6 Å². The van der Waals surface area contributed by atoms with Crippen LogP contribution in [0.1, 0.15) is 25.3 Å². The second kappa shape index (κ2) is 10.00. The number of para-hydroxylation sites is 2. The third kappa shape index (κ3) is 5.08. The normalized spacial score (nSPS) is 11.2. The van der Waals surface area contributed by atoms with E-state index in [1.54, 1.807) is 34.9 Å². The molecule has 1 aromatic heterocycles. The van der Waals surface area contributed by atoms with E-state index < -0.39 is 0 Å². The van der Waals surface area contributed by atoms with Crippen molar-refractivity contribution >= 4 is 57.5 Å². The lowest BCUT2D eigenvalue weighted by Crippen LogP contribution is -2.24. The number of carbonyl (C=O) groups is 1. The third-order valence-corrected chi connectivity index (χ3v) is 6.57. The number of nitrogens with one attached hydrogen (secondary N) is 1. The summed E-state index contributed by atoms with van der Waals surface area (Å²) in [6.45, 7) is 4.16. The van der Waals surface area contributed by atoms with E-state index in [9.17, 15) is 9.59 Å². The van der Waals surface area contributed by atoms with Crippen molar-refractivity contribution in [1.29, 1.82) is 0 Å². The van der Waals surface area contributed by atoms with E-state index in [4.69, 9.17) is 28.2 Å². The summed E-state index contributed by atoms with van der Waals surface area (Å²) in [7, 11) is 0. The number of anilines is 1. The van der Waals surface area contributed by atoms with E-state index in [0.717, 1.165) is 11.3 Å². The molecule has 0 atom stereocenters. The highest BCUT2D eigenvalue weighted by molar-refractivity contribution is 7.99. The predicted molar refractivity (Wildman–Crippen MR) is 137 cm³/mol. The zero-order chi connectivity index (χ0) is 23.5. The molecule has 0 fully saturated rings. The Labute approximate surface area is 205 Å². The van der Waals surface area contributed by atoms with Gasteiger partial charge in [0.25, 0.3) is 5.56 Å². The molecular formula is C25H21Cl2N3O2S. The van der Waals surface area contributed by atoms with Crippen molar-refractivity contribution in [3.63, 3.8) is 0 Å². The fourth-order valence-corrected chi connectivity index (χ4v) is 4.77. The first kappa shape index (κ1) is 23.4. The second-order valence-corrected chi connectivity index (χ2v) is 9.51. The van der Waals surface area contributed by atoms with Crippen LogP contribution in [0.2, 0.25) is 10.0 Å². The molecule has 0 aliphatic carbocycles. The van der Waals surface area contributed by atoms with Gasteiger partial charge in [-0.3, -0.25) is 14.2 Å². The molecule has 0 saturated carbocycles. The van der Waals surface area contributed by atoms with E-state index in [2.05, 4.69) is 19.2 Å². The zero-order valence-electron chi connectivity index (χ0n) is 18.0. The molecule has 4 rings (SSSR count). The van der Waals surface area contributed by atoms with Crippen molar-refractivity contribution in [1.82, 2.24) is 9.55 Å². The van der Waals surface area contributed by atoms with Crippen molar-refractivity contribution in [2.75, 3.05) is 11.1 Å². The van der Waals surface area contributed by atoms with E-state index >= 15 is 0 Å². The maximum Gasteiger partial charge on any atom is 0.266 e. The summed E-state index contributed by atoms with van der Waals surface area (Å²) < 4.78 is 1.60. The third-order valence-electron chi connectivity index (χ3n) is 5.08. The molecule has 0 bridgehead atoms. The van der Waals surface area contributed by atoms with Crippen LogP contribution >= 0.6 is 35.0 Å². The van der Waals surface area contributed by atoms with Crippen molar-refractivity contribution in [2.24, 2.45) is 0 Å². The van der Waals surface area contributed by atoms with Gasteiger partial charge < -0.3 is 5.32 Å². The molecule has 0 unspecified atom stereocenters. The maximum atomic E-state index is 13.5. The van der Waals surface area contributed by atoms with Crippen LogP contribution in [-0.2, 0) is 4.79 Å². The first-order chi connectivity index (χ1) is 15.8. The van der Waals surface area contributed by atoms with Gasteiger partial charge in [0.05, 0.1) is 33.1 Å². The molecule has 0 saturated heterocycles. The highest BCUT2D eigenvalue weighted by atomic mass is 35.5. The lowest BCUT2D eigenvalue weighted by atomic mass is 10.0. The van der Waals surface area contributed by atoms with Gasteiger partial charge in [-0.2, -0.15) is 0 Å². The molecule has 8 heteroatoms. The largest absolute Gasteiger partial charge is 0.324 e. The molecule has 168 valence electrons. The maximum absolute atomic E-state index is 13.5. The zero-order valence-corrected chi connectivity index (χ0v) is 20.3. The van der Waals surface area contributed by atoms with Gasteiger partial charge in [0, 0.05) is 5.02 Å². The summed E-state index contributed by atoms with van der Waals surface area (Å²) in [6, 6.07) is 19.9. The van der Waals surface area contributed by atoms with Gasteiger partial charge in [-0.1, -0.05) is 79.1 Å². The molecule has 33 heavy (non-hydrogen) atoms. The smallest absolute Gasteiger partial charge is 0.266 e. The van der Waals surface area contributed by atoms with Crippen LogP contribution in [0, 0.1) is 0 Å². The summed E-state index contributed by atoms with van der Waals surface area (Å²) in [4.78, 5) is 30.9. The number of thioether (sulfide) groups is 1. The molecule has 3 aromatic carbocycles. The van der Waals surface area contributed by atoms with Crippen molar-refractivity contribution in [3.05, 3.63) is 92.7 Å². The predicted octanol–water partition coefficient (Wildman–Crippen LogP) is 6.55. The number of fused-ring (bicyclic) bond motifs is 1. The average Bonchev–Trinajstić information content (AvgIpc) is 2.79. The summed E-state index contributed by atoms with van der Waals surface area (Å²) in [5, 5.41) is 4.60. The number of hydrogen-bond donors (Lipinski definition) is 1. The van der Waals surface area contributed by atoms with Gasteiger partial charge in [-0.05, 0) is 47.9 Å². The number of hydrogen-bond acceptors (Lipinski definition) is 4.